The largest absolute Gasteiger partial charge is 0.496 e. The molecule has 1 aromatic heterocycles. The molecule has 0 aliphatic carbocycles. The number of nitrogens with two attached hydrogens (primary N) is 1. The highest BCUT2D eigenvalue weighted by Gasteiger charge is 2.09. The molecule has 0 radical (unpaired) electrons. The summed E-state index contributed by atoms with van der Waals surface area (Å²) >= 11 is 0. The lowest BCUT2D eigenvalue weighted by Crippen LogP contribution is -2.08. The van der Waals surface area contributed by atoms with Crippen molar-refractivity contribution in [2.45, 2.75) is 25.9 Å². The average Bonchev–Trinajstić information content (AvgIpc) is 2.87. The van der Waals surface area contributed by atoms with Gasteiger partial charge in [-0.3, -0.25) is 0 Å². The van der Waals surface area contributed by atoms with Gasteiger partial charge in [-0.05, 0) is 12.5 Å². The molecule has 1 unspecified atom stereocenters. The van der Waals surface area contributed by atoms with Gasteiger partial charge in [-0.25, -0.2) is 4.68 Å². The van der Waals surface area contributed by atoms with E-state index in [1.165, 1.54) is 0 Å². The molecule has 0 aliphatic heterocycles. The zero-order chi connectivity index (χ0) is 13.0. The minimum atomic E-state index is -0.0450. The SMILES string of the molecule is CCC(N)c1cn(Cc2ccccc2OC)nn1. The van der Waals surface area contributed by atoms with E-state index in [2.05, 4.69) is 10.3 Å². The van der Waals surface area contributed by atoms with Crippen molar-refractivity contribution in [1.29, 1.82) is 0 Å². The van der Waals surface area contributed by atoms with Crippen LogP contribution in [0.2, 0.25) is 0 Å². The van der Waals surface area contributed by atoms with Gasteiger partial charge < -0.3 is 10.5 Å². The van der Waals surface area contributed by atoms with Gasteiger partial charge in [0.05, 0.1) is 31.6 Å². The standard InChI is InChI=1S/C13H18N4O/c1-3-11(14)12-9-17(16-15-12)8-10-6-4-5-7-13(10)18-2/h4-7,9,11H,3,8,14H2,1-2H3. The van der Waals surface area contributed by atoms with Crippen molar-refractivity contribution in [1.82, 2.24) is 15.0 Å². The van der Waals surface area contributed by atoms with Crippen LogP contribution in [0, 0.1) is 0 Å². The quantitative estimate of drug-likeness (QED) is 0.872. The number of methoxy groups -OCH3 is 1. The first-order chi connectivity index (χ1) is 8.74. The highest BCUT2D eigenvalue weighted by atomic mass is 16.5. The van der Waals surface area contributed by atoms with Gasteiger partial charge in [0, 0.05) is 5.56 Å². The first-order valence-corrected chi connectivity index (χ1v) is 6.02. The third-order valence-electron chi connectivity index (χ3n) is 2.90. The summed E-state index contributed by atoms with van der Waals surface area (Å²) in [6.45, 7) is 2.66. The Kier molecular flexibility index (Phi) is 3.94. The van der Waals surface area contributed by atoms with Gasteiger partial charge in [0.2, 0.25) is 0 Å². The zero-order valence-electron chi connectivity index (χ0n) is 10.7. The van der Waals surface area contributed by atoms with Crippen molar-refractivity contribution in [3.63, 3.8) is 0 Å². The molecule has 1 atom stereocenters. The second kappa shape index (κ2) is 5.64. The van der Waals surface area contributed by atoms with Crippen LogP contribution in [-0.2, 0) is 6.54 Å². The Morgan fingerprint density at radius 3 is 2.89 bits per heavy atom. The summed E-state index contributed by atoms with van der Waals surface area (Å²) in [6, 6.07) is 7.83. The Bertz CT molecular complexity index is 509. The van der Waals surface area contributed by atoms with Gasteiger partial charge in [-0.2, -0.15) is 0 Å². The molecule has 0 spiro atoms. The summed E-state index contributed by atoms with van der Waals surface area (Å²) in [5.41, 5.74) is 7.81. The second-order valence-electron chi connectivity index (χ2n) is 4.17. The fraction of sp³-hybridized carbons (Fsp3) is 0.385. The molecule has 0 amide bonds. The first-order valence-electron chi connectivity index (χ1n) is 6.02. The highest BCUT2D eigenvalue weighted by Crippen LogP contribution is 2.18. The Hall–Kier alpha value is -1.88. The third-order valence-corrected chi connectivity index (χ3v) is 2.90. The summed E-state index contributed by atoms with van der Waals surface area (Å²) in [6.07, 6.45) is 2.74. The molecule has 96 valence electrons. The number of nitrogens with zero attached hydrogens (tertiary/aromatic N) is 3. The molecule has 5 nitrogen and oxygen atoms in total. The van der Waals surface area contributed by atoms with Crippen molar-refractivity contribution in [2.24, 2.45) is 5.73 Å². The molecule has 0 saturated carbocycles. The molecule has 5 heteroatoms. The summed E-state index contributed by atoms with van der Waals surface area (Å²) in [7, 11) is 1.67. The van der Waals surface area contributed by atoms with Crippen molar-refractivity contribution in [3.05, 3.63) is 41.7 Å². The van der Waals surface area contributed by atoms with E-state index in [0.717, 1.165) is 23.4 Å². The van der Waals surface area contributed by atoms with Gasteiger partial charge in [0.15, 0.2) is 0 Å². The molecule has 2 aromatic rings. The normalized spacial score (nSPS) is 12.4. The molecule has 0 bridgehead atoms. The summed E-state index contributed by atoms with van der Waals surface area (Å²) in [4.78, 5) is 0. The van der Waals surface area contributed by atoms with Crippen LogP contribution < -0.4 is 10.5 Å². The van der Waals surface area contributed by atoms with Crippen LogP contribution in [0.1, 0.15) is 30.6 Å². The smallest absolute Gasteiger partial charge is 0.123 e. The molecule has 2 N–H and O–H groups in total. The molecule has 0 saturated heterocycles. The van der Waals surface area contributed by atoms with Crippen LogP contribution >= 0.6 is 0 Å². The molecule has 1 aromatic carbocycles. The lowest BCUT2D eigenvalue weighted by Gasteiger charge is -2.07. The predicted molar refractivity (Wildman–Crippen MR) is 69.3 cm³/mol. The van der Waals surface area contributed by atoms with Crippen molar-refractivity contribution >= 4 is 0 Å². The van der Waals surface area contributed by atoms with Gasteiger partial charge in [0.1, 0.15) is 5.75 Å². The van der Waals surface area contributed by atoms with Crippen molar-refractivity contribution in [2.75, 3.05) is 7.11 Å². The molecule has 0 aliphatic rings. The molecular formula is C13H18N4O. The van der Waals surface area contributed by atoms with Crippen LogP contribution in [0.3, 0.4) is 0 Å². The number of rotatable bonds is 5. The van der Waals surface area contributed by atoms with Crippen LogP contribution in [0.4, 0.5) is 0 Å². The average molecular weight is 246 g/mol. The van der Waals surface area contributed by atoms with E-state index < -0.39 is 0 Å². The van der Waals surface area contributed by atoms with E-state index in [4.69, 9.17) is 10.5 Å². The maximum Gasteiger partial charge on any atom is 0.123 e. The lowest BCUT2D eigenvalue weighted by molar-refractivity contribution is 0.407. The Balaban J connectivity index is 2.16. The molecule has 18 heavy (non-hydrogen) atoms. The van der Waals surface area contributed by atoms with Gasteiger partial charge >= 0.3 is 0 Å². The Morgan fingerprint density at radius 1 is 1.39 bits per heavy atom. The van der Waals surface area contributed by atoms with E-state index in [9.17, 15) is 0 Å². The van der Waals surface area contributed by atoms with E-state index in [1.54, 1.807) is 11.8 Å². The van der Waals surface area contributed by atoms with Gasteiger partial charge in [-0.15, -0.1) is 5.10 Å². The molecule has 0 fully saturated rings. The Labute approximate surface area is 107 Å². The number of hydrogen-bond acceptors (Lipinski definition) is 4. The van der Waals surface area contributed by atoms with Crippen LogP contribution in [0.25, 0.3) is 0 Å². The van der Waals surface area contributed by atoms with Crippen molar-refractivity contribution < 1.29 is 4.74 Å². The maximum atomic E-state index is 5.92. The zero-order valence-corrected chi connectivity index (χ0v) is 10.7. The molecule has 1 heterocycles. The topological polar surface area (TPSA) is 66.0 Å². The first kappa shape index (κ1) is 12.6. The summed E-state index contributed by atoms with van der Waals surface area (Å²) in [5, 5.41) is 8.17. The number of hydrogen-bond donors (Lipinski definition) is 1. The number of benzene rings is 1. The number of aromatic nitrogens is 3. The minimum Gasteiger partial charge on any atom is -0.496 e. The Morgan fingerprint density at radius 2 is 2.17 bits per heavy atom. The van der Waals surface area contributed by atoms with Crippen LogP contribution in [0.5, 0.6) is 5.75 Å². The molecule has 2 rings (SSSR count). The summed E-state index contributed by atoms with van der Waals surface area (Å²) < 4.78 is 7.09. The molecular weight excluding hydrogens is 228 g/mol. The maximum absolute atomic E-state index is 5.92. The van der Waals surface area contributed by atoms with Gasteiger partial charge in [-0.1, -0.05) is 30.3 Å². The van der Waals surface area contributed by atoms with Gasteiger partial charge in [0.25, 0.3) is 0 Å². The lowest BCUT2D eigenvalue weighted by atomic mass is 10.2. The van der Waals surface area contributed by atoms with E-state index >= 15 is 0 Å². The monoisotopic (exact) mass is 246 g/mol. The number of para-hydroxylation sites is 1. The highest BCUT2D eigenvalue weighted by molar-refractivity contribution is 5.33. The van der Waals surface area contributed by atoms with E-state index in [1.807, 2.05) is 37.4 Å². The predicted octanol–water partition coefficient (Wildman–Crippen LogP) is 1.74. The summed E-state index contributed by atoms with van der Waals surface area (Å²) in [5.74, 6) is 0.856. The third kappa shape index (κ3) is 2.68. The van der Waals surface area contributed by atoms with E-state index in [-0.39, 0.29) is 6.04 Å². The minimum absolute atomic E-state index is 0.0450. The van der Waals surface area contributed by atoms with Crippen LogP contribution in [-0.4, -0.2) is 22.1 Å². The number of ether oxygens (including phenoxy) is 1. The second-order valence-corrected chi connectivity index (χ2v) is 4.17. The van der Waals surface area contributed by atoms with Crippen LogP contribution in [0.15, 0.2) is 30.5 Å². The van der Waals surface area contributed by atoms with Crippen molar-refractivity contribution in [3.8, 4) is 5.75 Å². The fourth-order valence-electron chi connectivity index (χ4n) is 1.78. The van der Waals surface area contributed by atoms with E-state index in [0.29, 0.717) is 6.54 Å². The fourth-order valence-corrected chi connectivity index (χ4v) is 1.78.